The van der Waals surface area contributed by atoms with E-state index in [4.69, 9.17) is 5.14 Å². The minimum Gasteiger partial charge on any atom is -0.286 e. The van der Waals surface area contributed by atoms with Crippen molar-refractivity contribution in [3.05, 3.63) is 24.3 Å². The number of rotatable bonds is 4. The zero-order valence-electron chi connectivity index (χ0n) is 8.88. The van der Waals surface area contributed by atoms with E-state index in [-0.39, 0.29) is 4.90 Å². The van der Waals surface area contributed by atoms with Crippen molar-refractivity contribution in [2.75, 3.05) is 18.1 Å². The molecule has 0 saturated heterocycles. The van der Waals surface area contributed by atoms with E-state index < -0.39 is 20.8 Å². The highest BCUT2D eigenvalue weighted by molar-refractivity contribution is 8.12. The van der Waals surface area contributed by atoms with E-state index in [1.54, 1.807) is 0 Å². The second kappa shape index (κ2) is 4.22. The molecular formula is C8H14N2O4S2. The average Bonchev–Trinajstić information content (AvgIpc) is 2.16. The summed E-state index contributed by atoms with van der Waals surface area (Å²) >= 11 is -1.63. The Bertz CT molecular complexity index is 454. The van der Waals surface area contributed by atoms with Gasteiger partial charge in [-0.2, -0.15) is 4.21 Å². The highest BCUT2D eigenvalue weighted by Crippen LogP contribution is 2.23. The second-order valence-electron chi connectivity index (χ2n) is 3.39. The van der Waals surface area contributed by atoms with Gasteiger partial charge in [0.1, 0.15) is 0 Å². The SMILES string of the molecule is COS(=O)Nc1ccc(S(C)(N)(=O)O)cc1. The van der Waals surface area contributed by atoms with Crippen LogP contribution in [0.5, 0.6) is 0 Å². The van der Waals surface area contributed by atoms with Crippen LogP contribution in [0, 0.1) is 0 Å². The first-order chi connectivity index (χ1) is 7.19. The molecule has 0 spiro atoms. The Balaban J connectivity index is 2.93. The van der Waals surface area contributed by atoms with Gasteiger partial charge in [-0.3, -0.25) is 13.5 Å². The van der Waals surface area contributed by atoms with Crippen LogP contribution in [0.4, 0.5) is 5.69 Å². The standard InChI is InChI=1S/C8H14N2O4S2/c1-14-15(11)10-7-3-5-8(6-4-7)16(2,9,12)13/h3-6,10H,1-2H3,(H3,9,12,13). The summed E-state index contributed by atoms with van der Waals surface area (Å²) in [5.41, 5.74) is 0.500. The van der Waals surface area contributed by atoms with Crippen molar-refractivity contribution >= 4 is 26.5 Å². The van der Waals surface area contributed by atoms with E-state index in [9.17, 15) is 13.0 Å². The lowest BCUT2D eigenvalue weighted by Gasteiger charge is -2.33. The Morgan fingerprint density at radius 1 is 1.44 bits per heavy atom. The highest BCUT2D eigenvalue weighted by Gasteiger charge is 2.17. The van der Waals surface area contributed by atoms with Crippen molar-refractivity contribution in [3.63, 3.8) is 0 Å². The van der Waals surface area contributed by atoms with Crippen LogP contribution in [0.1, 0.15) is 0 Å². The van der Waals surface area contributed by atoms with E-state index in [0.29, 0.717) is 5.69 Å². The molecule has 1 aromatic carbocycles. The Morgan fingerprint density at radius 3 is 2.31 bits per heavy atom. The number of benzene rings is 1. The summed E-state index contributed by atoms with van der Waals surface area (Å²) in [6.45, 7) is 0. The minimum atomic E-state index is -4.21. The number of anilines is 1. The minimum absolute atomic E-state index is 0.116. The lowest BCUT2D eigenvalue weighted by Crippen LogP contribution is -2.40. The number of hydrogen-bond acceptors (Lipinski definition) is 3. The molecule has 8 heteroatoms. The monoisotopic (exact) mass is 266 g/mol. The molecule has 0 bridgehead atoms. The summed E-state index contributed by atoms with van der Waals surface area (Å²) in [4.78, 5) is 0.116. The van der Waals surface area contributed by atoms with Crippen LogP contribution in [0.2, 0.25) is 0 Å². The van der Waals surface area contributed by atoms with Gasteiger partial charge in [0.25, 0.3) is 11.3 Å². The molecule has 0 saturated carbocycles. The van der Waals surface area contributed by atoms with Gasteiger partial charge in [-0.1, -0.05) is 0 Å². The maximum atomic E-state index is 11.6. The fraction of sp³-hybridized carbons (Fsp3) is 0.250. The molecule has 0 radical (unpaired) electrons. The van der Waals surface area contributed by atoms with Gasteiger partial charge in [0.15, 0.2) is 0 Å². The number of hydrogen-bond donors (Lipinski definition) is 3. The van der Waals surface area contributed by atoms with Crippen LogP contribution in [0.15, 0.2) is 29.2 Å². The van der Waals surface area contributed by atoms with Crippen LogP contribution >= 0.6 is 0 Å². The molecule has 0 aliphatic heterocycles. The molecule has 1 aromatic rings. The van der Waals surface area contributed by atoms with E-state index in [0.717, 1.165) is 6.26 Å². The molecule has 16 heavy (non-hydrogen) atoms. The van der Waals surface area contributed by atoms with Gasteiger partial charge in [-0.15, -0.1) is 9.53 Å². The highest BCUT2D eigenvalue weighted by atomic mass is 32.3. The third kappa shape index (κ3) is 3.65. The van der Waals surface area contributed by atoms with Crippen molar-refractivity contribution in [1.29, 1.82) is 0 Å². The fourth-order valence-electron chi connectivity index (χ4n) is 0.992. The molecule has 0 amide bonds. The summed E-state index contributed by atoms with van der Waals surface area (Å²) in [6, 6.07) is 5.77. The van der Waals surface area contributed by atoms with Gasteiger partial charge < -0.3 is 0 Å². The smallest absolute Gasteiger partial charge is 0.261 e. The maximum absolute atomic E-state index is 11.6. The van der Waals surface area contributed by atoms with Crippen molar-refractivity contribution in [2.24, 2.45) is 5.14 Å². The molecule has 1 unspecified atom stereocenters. The number of nitrogens with two attached hydrogens (primary N) is 1. The average molecular weight is 266 g/mol. The summed E-state index contributed by atoms with van der Waals surface area (Å²) < 4.78 is 39.1. The topological polar surface area (TPSA) is 102 Å². The van der Waals surface area contributed by atoms with E-state index in [2.05, 4.69) is 8.91 Å². The van der Waals surface area contributed by atoms with Crippen LogP contribution in [-0.4, -0.2) is 26.3 Å². The van der Waals surface area contributed by atoms with Gasteiger partial charge in [-0.25, -0.2) is 9.35 Å². The van der Waals surface area contributed by atoms with Crippen molar-refractivity contribution in [2.45, 2.75) is 4.90 Å². The van der Waals surface area contributed by atoms with Gasteiger partial charge in [-0.05, 0) is 24.3 Å². The third-order valence-corrected chi connectivity index (χ3v) is 3.90. The molecule has 0 fully saturated rings. The van der Waals surface area contributed by atoms with Crippen LogP contribution < -0.4 is 9.86 Å². The normalized spacial score (nSPS) is 16.1. The first kappa shape index (κ1) is 13.3. The Hall–Kier alpha value is -0.800. The molecular weight excluding hydrogens is 252 g/mol. The first-order valence-corrected chi connectivity index (χ1v) is 7.68. The molecule has 92 valence electrons. The zero-order chi connectivity index (χ0) is 12.4. The summed E-state index contributed by atoms with van der Waals surface area (Å²) in [5.74, 6) is 0. The first-order valence-electron chi connectivity index (χ1n) is 4.21. The summed E-state index contributed by atoms with van der Waals surface area (Å²) in [7, 11) is -2.92. The molecule has 6 nitrogen and oxygen atoms in total. The maximum Gasteiger partial charge on any atom is 0.261 e. The van der Waals surface area contributed by atoms with E-state index in [1.807, 2.05) is 0 Å². The fourth-order valence-corrected chi connectivity index (χ4v) is 2.20. The molecule has 0 aliphatic carbocycles. The molecule has 4 N–H and O–H groups in total. The summed E-state index contributed by atoms with van der Waals surface area (Å²) in [5, 5.41) is 5.28. The number of nitrogens with one attached hydrogen (secondary N) is 1. The molecule has 0 aliphatic rings. The molecule has 0 heterocycles. The van der Waals surface area contributed by atoms with Gasteiger partial charge in [0, 0.05) is 11.9 Å². The Kier molecular flexibility index (Phi) is 3.50. The Morgan fingerprint density at radius 2 is 1.94 bits per heavy atom. The second-order valence-corrected chi connectivity index (χ2v) is 7.58. The quantitative estimate of drug-likeness (QED) is 0.737. The van der Waals surface area contributed by atoms with E-state index >= 15 is 0 Å². The van der Waals surface area contributed by atoms with Crippen molar-refractivity contribution in [1.82, 2.24) is 0 Å². The molecule has 0 aromatic heterocycles. The van der Waals surface area contributed by atoms with Gasteiger partial charge >= 0.3 is 0 Å². The van der Waals surface area contributed by atoms with Crippen LogP contribution in [0.3, 0.4) is 0 Å². The van der Waals surface area contributed by atoms with Gasteiger partial charge in [0.2, 0.25) is 0 Å². The zero-order valence-corrected chi connectivity index (χ0v) is 10.5. The molecule has 1 rings (SSSR count). The lowest BCUT2D eigenvalue weighted by atomic mass is 10.3. The summed E-state index contributed by atoms with van der Waals surface area (Å²) in [6.07, 6.45) is 1.06. The largest absolute Gasteiger partial charge is 0.286 e. The van der Waals surface area contributed by atoms with Gasteiger partial charge in [0.05, 0.1) is 12.0 Å². The van der Waals surface area contributed by atoms with Crippen molar-refractivity contribution < 1.29 is 17.2 Å². The van der Waals surface area contributed by atoms with Crippen LogP contribution in [0.25, 0.3) is 0 Å². The molecule has 1 atom stereocenters. The van der Waals surface area contributed by atoms with E-state index in [1.165, 1.54) is 31.4 Å². The third-order valence-electron chi connectivity index (χ3n) is 1.78. The van der Waals surface area contributed by atoms with Crippen LogP contribution in [-0.2, 0) is 25.0 Å². The predicted molar refractivity (Wildman–Crippen MR) is 64.4 cm³/mol. The predicted octanol–water partition coefficient (Wildman–Crippen LogP) is 0.479. The Labute approximate surface area is 96.3 Å². The lowest BCUT2D eigenvalue weighted by molar-refractivity contribution is 0.449. The van der Waals surface area contributed by atoms with Crippen molar-refractivity contribution in [3.8, 4) is 0 Å².